The zero-order chi connectivity index (χ0) is 19.2. The van der Waals surface area contributed by atoms with Crippen LogP contribution in [0.15, 0.2) is 48.5 Å². The lowest BCUT2D eigenvalue weighted by Crippen LogP contribution is -3.11. The van der Waals surface area contributed by atoms with E-state index in [4.69, 9.17) is 0 Å². The summed E-state index contributed by atoms with van der Waals surface area (Å²) in [5.74, 6) is -0.734. The maximum Gasteiger partial charge on any atom is 0.279 e. The van der Waals surface area contributed by atoms with Crippen LogP contribution in [0.3, 0.4) is 0 Å². The van der Waals surface area contributed by atoms with E-state index in [-0.39, 0.29) is 30.9 Å². The monoisotopic (exact) mass is 370 g/mol. The normalized spacial score (nSPS) is 16.9. The average molecular weight is 370 g/mol. The third-order valence-corrected chi connectivity index (χ3v) is 4.74. The third-order valence-electron chi connectivity index (χ3n) is 4.74. The number of fused-ring (bicyclic) bond motifs is 1. The first kappa shape index (κ1) is 19.0. The lowest BCUT2D eigenvalue weighted by Gasteiger charge is -2.26. The highest BCUT2D eigenvalue weighted by molar-refractivity contribution is 5.91. The van der Waals surface area contributed by atoms with Gasteiger partial charge in [-0.1, -0.05) is 30.3 Å². The van der Waals surface area contributed by atoms with Crippen molar-refractivity contribution in [2.45, 2.75) is 25.3 Å². The van der Waals surface area contributed by atoms with Crippen molar-refractivity contribution in [2.75, 3.05) is 25.5 Å². The molecule has 2 aromatic rings. The number of hydrogen-bond acceptors (Lipinski definition) is 2. The lowest BCUT2D eigenvalue weighted by atomic mass is 9.88. The number of carbonyl (C=O) groups is 2. The molecule has 0 spiro atoms. The molecular formula is C21H25FN3O2+. The molecule has 142 valence electrons. The van der Waals surface area contributed by atoms with Gasteiger partial charge < -0.3 is 15.5 Å². The minimum absolute atomic E-state index is 0.0383. The summed E-state index contributed by atoms with van der Waals surface area (Å²) in [6, 6.07) is 14.0. The van der Waals surface area contributed by atoms with Crippen LogP contribution in [-0.2, 0) is 16.0 Å². The average Bonchev–Trinajstić information content (AvgIpc) is 2.61. The molecule has 27 heavy (non-hydrogen) atoms. The van der Waals surface area contributed by atoms with Gasteiger partial charge in [0.2, 0.25) is 0 Å². The fourth-order valence-corrected chi connectivity index (χ4v) is 3.53. The summed E-state index contributed by atoms with van der Waals surface area (Å²) in [4.78, 5) is 25.3. The second-order valence-corrected chi connectivity index (χ2v) is 7.08. The van der Waals surface area contributed by atoms with Crippen LogP contribution in [0.2, 0.25) is 0 Å². The van der Waals surface area contributed by atoms with E-state index in [9.17, 15) is 14.0 Å². The Morgan fingerprint density at radius 1 is 1.11 bits per heavy atom. The van der Waals surface area contributed by atoms with Crippen LogP contribution < -0.4 is 15.5 Å². The van der Waals surface area contributed by atoms with E-state index >= 15 is 0 Å². The number of rotatable bonds is 6. The number of aryl methyl sites for hydroxylation is 1. The first-order chi connectivity index (χ1) is 13.0. The number of carbonyl (C=O) groups excluding carboxylic acids is 2. The van der Waals surface area contributed by atoms with Gasteiger partial charge in [0.15, 0.2) is 13.1 Å². The number of anilines is 1. The van der Waals surface area contributed by atoms with Crippen molar-refractivity contribution in [1.82, 2.24) is 5.32 Å². The van der Waals surface area contributed by atoms with Gasteiger partial charge >= 0.3 is 0 Å². The molecule has 0 saturated carbocycles. The molecule has 1 aliphatic rings. The summed E-state index contributed by atoms with van der Waals surface area (Å²) >= 11 is 0. The zero-order valence-corrected chi connectivity index (χ0v) is 15.4. The predicted molar refractivity (Wildman–Crippen MR) is 102 cm³/mol. The van der Waals surface area contributed by atoms with E-state index in [1.807, 2.05) is 12.1 Å². The molecule has 2 amide bonds. The Hall–Kier alpha value is -2.73. The van der Waals surface area contributed by atoms with Crippen molar-refractivity contribution in [2.24, 2.45) is 0 Å². The smallest absolute Gasteiger partial charge is 0.279 e. The molecule has 0 bridgehead atoms. The van der Waals surface area contributed by atoms with E-state index < -0.39 is 5.82 Å². The van der Waals surface area contributed by atoms with Gasteiger partial charge in [0.1, 0.15) is 5.82 Å². The Morgan fingerprint density at radius 2 is 1.89 bits per heavy atom. The number of likely N-dealkylation sites (N-methyl/N-ethyl adjacent to an activating group) is 1. The maximum absolute atomic E-state index is 13.2. The minimum Gasteiger partial charge on any atom is -0.344 e. The van der Waals surface area contributed by atoms with E-state index in [1.54, 1.807) is 13.1 Å². The fourth-order valence-electron chi connectivity index (χ4n) is 3.53. The second-order valence-electron chi connectivity index (χ2n) is 7.08. The SMILES string of the molecule is C[NH+](CC(=O)Nc1cccc(F)c1)CC(=O)N[C@@H]1CCCc2ccccc21. The Balaban J connectivity index is 1.49. The van der Waals surface area contributed by atoms with Gasteiger partial charge in [-0.2, -0.15) is 0 Å². The summed E-state index contributed by atoms with van der Waals surface area (Å²) in [5.41, 5.74) is 2.90. The summed E-state index contributed by atoms with van der Waals surface area (Å²) in [7, 11) is 1.79. The van der Waals surface area contributed by atoms with Crippen molar-refractivity contribution >= 4 is 17.5 Å². The fraction of sp³-hybridized carbons (Fsp3) is 0.333. The van der Waals surface area contributed by atoms with Gasteiger partial charge in [-0.15, -0.1) is 0 Å². The predicted octanol–water partition coefficient (Wildman–Crippen LogP) is 1.47. The molecule has 1 aliphatic carbocycles. The molecule has 1 unspecified atom stereocenters. The quantitative estimate of drug-likeness (QED) is 0.721. The molecule has 0 heterocycles. The van der Waals surface area contributed by atoms with Crippen molar-refractivity contribution in [3.63, 3.8) is 0 Å². The van der Waals surface area contributed by atoms with Gasteiger partial charge in [-0.25, -0.2) is 4.39 Å². The van der Waals surface area contributed by atoms with Crippen LogP contribution in [0.5, 0.6) is 0 Å². The van der Waals surface area contributed by atoms with E-state index in [1.165, 1.54) is 29.3 Å². The number of hydrogen-bond donors (Lipinski definition) is 3. The Bertz CT molecular complexity index is 825. The summed E-state index contributed by atoms with van der Waals surface area (Å²) in [6.07, 6.45) is 3.04. The summed E-state index contributed by atoms with van der Waals surface area (Å²) in [5, 5.41) is 5.75. The molecule has 3 rings (SSSR count). The van der Waals surface area contributed by atoms with Gasteiger partial charge in [0, 0.05) is 5.69 Å². The standard InChI is InChI=1S/C21H24FN3O2/c1-25(13-20(26)23-17-9-5-8-16(22)12-17)14-21(27)24-19-11-4-7-15-6-2-3-10-18(15)19/h2-3,5-6,8-10,12,19H,4,7,11,13-14H2,1H3,(H,23,26)(H,24,27)/p+1/t19-/m1/s1. The van der Waals surface area contributed by atoms with Gasteiger partial charge in [-0.05, 0) is 48.6 Å². The summed E-state index contributed by atoms with van der Waals surface area (Å²) in [6.45, 7) is 0.334. The van der Waals surface area contributed by atoms with Crippen molar-refractivity contribution in [3.05, 3.63) is 65.5 Å². The van der Waals surface area contributed by atoms with Gasteiger partial charge in [-0.3, -0.25) is 9.59 Å². The molecular weight excluding hydrogens is 345 g/mol. The van der Waals surface area contributed by atoms with Crippen LogP contribution in [0.1, 0.15) is 30.0 Å². The number of benzene rings is 2. The molecule has 2 aromatic carbocycles. The number of amides is 2. The Labute approximate surface area is 158 Å². The van der Waals surface area contributed by atoms with Crippen LogP contribution in [0.25, 0.3) is 0 Å². The molecule has 0 aromatic heterocycles. The van der Waals surface area contributed by atoms with E-state index in [0.29, 0.717) is 5.69 Å². The van der Waals surface area contributed by atoms with Gasteiger partial charge in [0.25, 0.3) is 11.8 Å². The van der Waals surface area contributed by atoms with Crippen molar-refractivity contribution < 1.29 is 18.9 Å². The molecule has 2 atom stereocenters. The first-order valence-electron chi connectivity index (χ1n) is 9.25. The first-order valence-corrected chi connectivity index (χ1v) is 9.25. The highest BCUT2D eigenvalue weighted by Crippen LogP contribution is 2.29. The van der Waals surface area contributed by atoms with Crippen LogP contribution in [-0.4, -0.2) is 32.0 Å². The maximum atomic E-state index is 13.2. The number of nitrogens with one attached hydrogen (secondary N) is 3. The molecule has 5 nitrogen and oxygen atoms in total. The number of halogens is 1. The van der Waals surface area contributed by atoms with Crippen LogP contribution in [0, 0.1) is 5.82 Å². The second kappa shape index (κ2) is 8.77. The van der Waals surface area contributed by atoms with Crippen molar-refractivity contribution in [3.8, 4) is 0 Å². The molecule has 0 aliphatic heterocycles. The van der Waals surface area contributed by atoms with Crippen LogP contribution in [0.4, 0.5) is 10.1 Å². The largest absolute Gasteiger partial charge is 0.344 e. The van der Waals surface area contributed by atoms with Gasteiger partial charge in [0.05, 0.1) is 13.1 Å². The zero-order valence-electron chi connectivity index (χ0n) is 15.4. The molecule has 0 saturated heterocycles. The number of quaternary nitrogens is 1. The Kier molecular flexibility index (Phi) is 6.19. The summed E-state index contributed by atoms with van der Waals surface area (Å²) < 4.78 is 13.2. The van der Waals surface area contributed by atoms with Crippen LogP contribution >= 0.6 is 0 Å². The molecule has 0 radical (unpaired) electrons. The topological polar surface area (TPSA) is 62.6 Å². The highest BCUT2D eigenvalue weighted by Gasteiger charge is 2.23. The van der Waals surface area contributed by atoms with E-state index in [0.717, 1.165) is 24.2 Å². The molecule has 0 fully saturated rings. The molecule has 6 heteroatoms. The minimum atomic E-state index is -0.402. The lowest BCUT2D eigenvalue weighted by molar-refractivity contribution is -0.862. The highest BCUT2D eigenvalue weighted by atomic mass is 19.1. The third kappa shape index (κ3) is 5.37. The van der Waals surface area contributed by atoms with E-state index in [2.05, 4.69) is 22.8 Å². The van der Waals surface area contributed by atoms with Crippen molar-refractivity contribution in [1.29, 1.82) is 0 Å². The Morgan fingerprint density at radius 3 is 2.70 bits per heavy atom. The molecule has 3 N–H and O–H groups in total.